The van der Waals surface area contributed by atoms with E-state index < -0.39 is 0 Å². The van der Waals surface area contributed by atoms with Crippen LogP contribution in [0.4, 0.5) is 0 Å². The number of pyridine rings is 1. The summed E-state index contributed by atoms with van der Waals surface area (Å²) in [7, 11) is 0. The van der Waals surface area contributed by atoms with Crippen molar-refractivity contribution >= 4 is 16.8 Å². The van der Waals surface area contributed by atoms with E-state index in [-0.39, 0.29) is 11.9 Å². The molecule has 0 fully saturated rings. The Morgan fingerprint density at radius 3 is 3.04 bits per heavy atom. The van der Waals surface area contributed by atoms with E-state index >= 15 is 0 Å². The number of benzene rings is 1. The molecule has 1 aliphatic heterocycles. The zero-order valence-electron chi connectivity index (χ0n) is 15.1. The third-order valence-corrected chi connectivity index (χ3v) is 4.77. The Morgan fingerprint density at radius 2 is 2.19 bits per heavy atom. The number of carbonyl (C=O) groups is 1. The number of hydrogen-bond donors (Lipinski definition) is 1. The molecule has 1 unspecified atom stereocenters. The third-order valence-electron chi connectivity index (χ3n) is 4.77. The summed E-state index contributed by atoms with van der Waals surface area (Å²) in [5.74, 6) is 2.26. The Hall–Kier alpha value is -2.76. The monoisotopic (exact) mass is 349 g/mol. The molecule has 0 bridgehead atoms. The molecule has 6 heteroatoms. The number of fused-ring (bicyclic) bond motifs is 2. The Bertz CT molecular complexity index is 946. The predicted octanol–water partition coefficient (Wildman–Crippen LogP) is 2.62. The molecular weight excluding hydrogens is 326 g/mol. The van der Waals surface area contributed by atoms with Crippen molar-refractivity contribution in [2.75, 3.05) is 0 Å². The number of nitrogens with one attached hydrogen (secondary N) is 1. The molecule has 1 aliphatic rings. The number of amides is 1. The molecule has 2 aromatic heterocycles. The summed E-state index contributed by atoms with van der Waals surface area (Å²) in [5.41, 5.74) is 1.88. The summed E-state index contributed by atoms with van der Waals surface area (Å²) in [6.07, 6.45) is 3.88. The van der Waals surface area contributed by atoms with Gasteiger partial charge in [-0.05, 0) is 24.1 Å². The molecule has 1 N–H and O–H groups in total. The van der Waals surface area contributed by atoms with E-state index in [1.165, 1.54) is 0 Å². The predicted molar refractivity (Wildman–Crippen MR) is 99.8 cm³/mol. The van der Waals surface area contributed by atoms with E-state index in [0.29, 0.717) is 18.9 Å². The highest BCUT2D eigenvalue weighted by molar-refractivity contribution is 5.82. The van der Waals surface area contributed by atoms with Crippen molar-refractivity contribution in [3.8, 4) is 0 Å². The molecule has 3 aromatic rings. The van der Waals surface area contributed by atoms with Gasteiger partial charge in [-0.1, -0.05) is 32.0 Å². The van der Waals surface area contributed by atoms with Crippen LogP contribution in [-0.2, 0) is 24.2 Å². The van der Waals surface area contributed by atoms with Crippen LogP contribution in [0.2, 0.25) is 0 Å². The van der Waals surface area contributed by atoms with E-state index in [9.17, 15) is 4.79 Å². The van der Waals surface area contributed by atoms with Crippen LogP contribution in [-0.4, -0.2) is 31.7 Å². The highest BCUT2D eigenvalue weighted by Gasteiger charge is 2.23. The number of carbonyl (C=O) groups excluding carboxylic acids is 1. The molecule has 0 saturated heterocycles. The fourth-order valence-electron chi connectivity index (χ4n) is 3.37. The Labute approximate surface area is 152 Å². The van der Waals surface area contributed by atoms with Crippen LogP contribution in [0.15, 0.2) is 36.5 Å². The zero-order chi connectivity index (χ0) is 18.1. The van der Waals surface area contributed by atoms with Crippen LogP contribution in [0, 0.1) is 0 Å². The standard InChI is InChI=1S/C20H23N5O/c1-13(2)20-23-18-8-7-16(12-25(18)24-20)22-19(26)10-14-9-15-5-3-4-6-17(15)21-11-14/h3-6,9,11,13,16H,7-8,10,12H2,1-2H3,(H,22,26). The molecule has 1 amide bonds. The first kappa shape index (κ1) is 16.7. The van der Waals surface area contributed by atoms with Crippen molar-refractivity contribution < 1.29 is 4.79 Å². The normalized spacial score (nSPS) is 16.7. The molecule has 1 aromatic carbocycles. The van der Waals surface area contributed by atoms with Gasteiger partial charge in [-0.3, -0.25) is 9.78 Å². The lowest BCUT2D eigenvalue weighted by molar-refractivity contribution is -0.121. The molecule has 0 radical (unpaired) electrons. The average Bonchev–Trinajstić information content (AvgIpc) is 3.05. The molecule has 134 valence electrons. The SMILES string of the molecule is CC(C)c1nc2n(n1)CC(NC(=O)Cc1cnc3ccccc3c1)CC2. The summed E-state index contributed by atoms with van der Waals surface area (Å²) in [5, 5.41) is 8.77. The lowest BCUT2D eigenvalue weighted by Crippen LogP contribution is -2.42. The molecule has 3 heterocycles. The molecular formula is C20H23N5O. The van der Waals surface area contributed by atoms with Gasteiger partial charge < -0.3 is 5.32 Å². The van der Waals surface area contributed by atoms with E-state index in [1.54, 1.807) is 6.20 Å². The van der Waals surface area contributed by atoms with Gasteiger partial charge in [0.1, 0.15) is 5.82 Å². The number of para-hydroxylation sites is 1. The maximum absolute atomic E-state index is 12.5. The molecule has 26 heavy (non-hydrogen) atoms. The number of nitrogens with zero attached hydrogens (tertiary/aromatic N) is 4. The van der Waals surface area contributed by atoms with Crippen molar-refractivity contribution in [3.63, 3.8) is 0 Å². The molecule has 0 spiro atoms. The summed E-state index contributed by atoms with van der Waals surface area (Å²) in [6, 6.07) is 10.1. The highest BCUT2D eigenvalue weighted by Crippen LogP contribution is 2.17. The molecule has 1 atom stereocenters. The minimum Gasteiger partial charge on any atom is -0.351 e. The number of hydrogen-bond acceptors (Lipinski definition) is 4. The van der Waals surface area contributed by atoms with Crippen LogP contribution in [0.25, 0.3) is 10.9 Å². The Balaban J connectivity index is 1.40. The van der Waals surface area contributed by atoms with Crippen molar-refractivity contribution in [2.24, 2.45) is 0 Å². The van der Waals surface area contributed by atoms with Crippen LogP contribution in [0.1, 0.15) is 43.4 Å². The van der Waals surface area contributed by atoms with Crippen LogP contribution < -0.4 is 5.32 Å². The lowest BCUT2D eigenvalue weighted by atomic mass is 10.1. The van der Waals surface area contributed by atoms with Crippen LogP contribution >= 0.6 is 0 Å². The number of aromatic nitrogens is 4. The fourth-order valence-corrected chi connectivity index (χ4v) is 3.37. The van der Waals surface area contributed by atoms with Gasteiger partial charge in [0.2, 0.25) is 5.91 Å². The largest absolute Gasteiger partial charge is 0.351 e. The van der Waals surface area contributed by atoms with E-state index in [4.69, 9.17) is 0 Å². The minimum atomic E-state index is 0.0275. The van der Waals surface area contributed by atoms with Crippen LogP contribution in [0.3, 0.4) is 0 Å². The van der Waals surface area contributed by atoms with Gasteiger partial charge in [-0.25, -0.2) is 9.67 Å². The van der Waals surface area contributed by atoms with Crippen molar-refractivity contribution in [1.29, 1.82) is 0 Å². The van der Waals surface area contributed by atoms with Crippen molar-refractivity contribution in [3.05, 3.63) is 53.7 Å². The van der Waals surface area contributed by atoms with Crippen molar-refractivity contribution in [1.82, 2.24) is 25.1 Å². The first-order valence-corrected chi connectivity index (χ1v) is 9.15. The maximum Gasteiger partial charge on any atom is 0.224 e. The Kier molecular flexibility index (Phi) is 4.41. The molecule has 0 aliphatic carbocycles. The second kappa shape index (κ2) is 6.86. The van der Waals surface area contributed by atoms with E-state index in [0.717, 1.165) is 41.0 Å². The first-order valence-electron chi connectivity index (χ1n) is 9.15. The quantitative estimate of drug-likeness (QED) is 0.786. The van der Waals surface area contributed by atoms with Gasteiger partial charge in [0.15, 0.2) is 5.82 Å². The van der Waals surface area contributed by atoms with Gasteiger partial charge in [-0.2, -0.15) is 5.10 Å². The van der Waals surface area contributed by atoms with Gasteiger partial charge >= 0.3 is 0 Å². The second-order valence-corrected chi connectivity index (χ2v) is 7.24. The minimum absolute atomic E-state index is 0.0275. The van der Waals surface area contributed by atoms with Crippen LogP contribution in [0.5, 0.6) is 0 Å². The highest BCUT2D eigenvalue weighted by atomic mass is 16.1. The first-order chi connectivity index (χ1) is 12.6. The van der Waals surface area contributed by atoms with Gasteiger partial charge in [-0.15, -0.1) is 0 Å². The molecule has 0 saturated carbocycles. The third kappa shape index (κ3) is 3.45. The number of rotatable bonds is 4. The Morgan fingerprint density at radius 1 is 1.35 bits per heavy atom. The summed E-state index contributed by atoms with van der Waals surface area (Å²) >= 11 is 0. The molecule has 6 nitrogen and oxygen atoms in total. The van der Waals surface area contributed by atoms with Gasteiger partial charge in [0.05, 0.1) is 18.5 Å². The average molecular weight is 349 g/mol. The smallest absolute Gasteiger partial charge is 0.224 e. The summed E-state index contributed by atoms with van der Waals surface area (Å²) in [6.45, 7) is 4.88. The molecule has 4 rings (SSSR count). The maximum atomic E-state index is 12.5. The summed E-state index contributed by atoms with van der Waals surface area (Å²) in [4.78, 5) is 21.5. The zero-order valence-corrected chi connectivity index (χ0v) is 15.1. The van der Waals surface area contributed by atoms with Gasteiger partial charge in [0, 0.05) is 30.0 Å². The van der Waals surface area contributed by atoms with E-state index in [1.807, 2.05) is 35.0 Å². The van der Waals surface area contributed by atoms with Crippen molar-refractivity contribution in [2.45, 2.75) is 51.6 Å². The van der Waals surface area contributed by atoms with Gasteiger partial charge in [0.25, 0.3) is 0 Å². The lowest BCUT2D eigenvalue weighted by Gasteiger charge is -2.23. The topological polar surface area (TPSA) is 72.7 Å². The second-order valence-electron chi connectivity index (χ2n) is 7.24. The fraction of sp³-hybridized carbons (Fsp3) is 0.400. The summed E-state index contributed by atoms with van der Waals surface area (Å²) < 4.78 is 1.95. The number of aryl methyl sites for hydroxylation is 1. The van der Waals surface area contributed by atoms with E-state index in [2.05, 4.69) is 34.2 Å².